The van der Waals surface area contributed by atoms with E-state index in [4.69, 9.17) is 11.6 Å². The molecular formula is C19H23ClN6O3S. The first kappa shape index (κ1) is 22.1. The zero-order valence-corrected chi connectivity index (χ0v) is 18.4. The molecule has 3 rings (SSSR count). The number of sulfonamides is 1. The third-order valence-corrected chi connectivity index (χ3v) is 5.34. The van der Waals surface area contributed by atoms with Crippen LogP contribution >= 0.6 is 11.6 Å². The molecule has 11 heteroatoms. The van der Waals surface area contributed by atoms with Gasteiger partial charge in [-0.05, 0) is 26.3 Å². The minimum absolute atomic E-state index is 0.0359. The second-order valence-corrected chi connectivity index (χ2v) is 9.34. The highest BCUT2D eigenvalue weighted by Crippen LogP contribution is 2.28. The summed E-state index contributed by atoms with van der Waals surface area (Å²) in [5.74, 6) is 0.980. The smallest absolute Gasteiger partial charge is 0.208 e. The average Bonchev–Trinajstić information content (AvgIpc) is 3.06. The molecule has 0 spiro atoms. The van der Waals surface area contributed by atoms with Crippen LogP contribution in [0.5, 0.6) is 0 Å². The normalized spacial score (nSPS) is 12.8. The van der Waals surface area contributed by atoms with Gasteiger partial charge in [-0.1, -0.05) is 11.6 Å². The van der Waals surface area contributed by atoms with E-state index in [1.165, 1.54) is 0 Å². The summed E-state index contributed by atoms with van der Waals surface area (Å²) in [7, 11) is -3.25. The molecule has 1 atom stereocenters. The number of pyridine rings is 1. The molecule has 0 saturated carbocycles. The third kappa shape index (κ3) is 5.74. The lowest BCUT2D eigenvalue weighted by Crippen LogP contribution is -2.28. The maximum Gasteiger partial charge on any atom is 0.208 e. The Labute approximate surface area is 179 Å². The average molecular weight is 451 g/mol. The summed E-state index contributed by atoms with van der Waals surface area (Å²) in [5, 5.41) is 4.43. The lowest BCUT2D eigenvalue weighted by Gasteiger charge is -2.14. The van der Waals surface area contributed by atoms with Crippen molar-refractivity contribution in [2.75, 3.05) is 18.1 Å². The second kappa shape index (κ2) is 9.07. The molecule has 3 N–H and O–H groups in total. The van der Waals surface area contributed by atoms with Crippen molar-refractivity contribution in [2.45, 2.75) is 32.7 Å². The van der Waals surface area contributed by atoms with Gasteiger partial charge in [0.2, 0.25) is 10.0 Å². The molecule has 0 saturated heterocycles. The van der Waals surface area contributed by atoms with Crippen molar-refractivity contribution in [1.29, 1.82) is 0 Å². The SMILES string of the molecule is Cc1cc(N[C@@H](C)C(=O)CCCNS(C)(=O)=O)nc(-c2c[nH]c3ncc(Cl)cc23)n1. The van der Waals surface area contributed by atoms with Crippen LogP contribution < -0.4 is 10.0 Å². The topological polar surface area (TPSA) is 130 Å². The number of Topliss-reactive ketones (excluding diaryl/α,β-unsaturated/α-hetero) is 1. The van der Waals surface area contributed by atoms with Crippen molar-refractivity contribution >= 4 is 44.3 Å². The maximum absolute atomic E-state index is 12.4. The molecule has 0 aliphatic rings. The number of anilines is 1. The van der Waals surface area contributed by atoms with Crippen LogP contribution in [0.1, 0.15) is 25.5 Å². The minimum atomic E-state index is -3.25. The standard InChI is InChI=1S/C19H23ClN6O3S/c1-11-7-17(25-12(2)16(27)5-4-6-23-30(3,28)29)26-19(24-11)15-10-22-18-14(15)8-13(20)9-21-18/h7-10,12,23H,4-6H2,1-3H3,(H,21,22)(H,24,25,26)/t12-/m0/s1. The van der Waals surface area contributed by atoms with E-state index in [0.29, 0.717) is 28.7 Å². The van der Waals surface area contributed by atoms with Gasteiger partial charge in [0.15, 0.2) is 11.6 Å². The summed E-state index contributed by atoms with van der Waals surface area (Å²) in [5.41, 5.74) is 2.18. The lowest BCUT2D eigenvalue weighted by molar-refractivity contribution is -0.119. The van der Waals surface area contributed by atoms with Crippen molar-refractivity contribution in [3.8, 4) is 11.4 Å². The number of nitrogens with zero attached hydrogens (tertiary/aromatic N) is 3. The Hall–Kier alpha value is -2.56. The fraction of sp³-hybridized carbons (Fsp3) is 0.368. The van der Waals surface area contributed by atoms with Gasteiger partial charge in [0.1, 0.15) is 11.5 Å². The van der Waals surface area contributed by atoms with E-state index >= 15 is 0 Å². The van der Waals surface area contributed by atoms with E-state index < -0.39 is 16.1 Å². The number of ketones is 1. The van der Waals surface area contributed by atoms with Crippen molar-refractivity contribution in [2.24, 2.45) is 0 Å². The summed E-state index contributed by atoms with van der Waals surface area (Å²) in [6, 6.07) is 3.08. The molecule has 3 aromatic rings. The number of carbonyl (C=O) groups is 1. The first-order valence-electron chi connectivity index (χ1n) is 9.35. The Kier molecular flexibility index (Phi) is 6.69. The molecule has 0 fully saturated rings. The second-order valence-electron chi connectivity index (χ2n) is 7.07. The quantitative estimate of drug-likeness (QED) is 0.427. The number of aryl methyl sites for hydroxylation is 1. The van der Waals surface area contributed by atoms with Crippen LogP contribution in [-0.4, -0.2) is 53.0 Å². The Balaban J connectivity index is 1.72. The third-order valence-electron chi connectivity index (χ3n) is 4.40. The van der Waals surface area contributed by atoms with Gasteiger partial charge in [-0.3, -0.25) is 4.79 Å². The molecule has 9 nitrogen and oxygen atoms in total. The highest BCUT2D eigenvalue weighted by molar-refractivity contribution is 7.88. The molecule has 0 radical (unpaired) electrons. The Morgan fingerprint density at radius 3 is 2.80 bits per heavy atom. The summed E-state index contributed by atoms with van der Waals surface area (Å²) < 4.78 is 24.5. The molecule has 0 bridgehead atoms. The van der Waals surface area contributed by atoms with Gasteiger partial charge < -0.3 is 10.3 Å². The van der Waals surface area contributed by atoms with Crippen LogP contribution in [-0.2, 0) is 14.8 Å². The number of fused-ring (bicyclic) bond motifs is 1. The van der Waals surface area contributed by atoms with E-state index in [1.807, 2.05) is 6.92 Å². The van der Waals surface area contributed by atoms with Gasteiger partial charge in [0, 0.05) is 48.1 Å². The fourth-order valence-corrected chi connectivity index (χ4v) is 3.64. The van der Waals surface area contributed by atoms with Crippen LogP contribution in [0.25, 0.3) is 22.4 Å². The van der Waals surface area contributed by atoms with E-state index in [1.54, 1.807) is 31.5 Å². The van der Waals surface area contributed by atoms with E-state index in [0.717, 1.165) is 22.9 Å². The van der Waals surface area contributed by atoms with Crippen LogP contribution in [0.3, 0.4) is 0 Å². The first-order valence-corrected chi connectivity index (χ1v) is 11.6. The highest BCUT2D eigenvalue weighted by Gasteiger charge is 2.16. The van der Waals surface area contributed by atoms with Crippen LogP contribution in [0.4, 0.5) is 5.82 Å². The number of rotatable bonds is 9. The van der Waals surface area contributed by atoms with Gasteiger partial charge in [-0.25, -0.2) is 28.1 Å². The summed E-state index contributed by atoms with van der Waals surface area (Å²) in [6.07, 6.45) is 5.10. The van der Waals surface area contributed by atoms with Gasteiger partial charge in [0.25, 0.3) is 0 Å². The van der Waals surface area contributed by atoms with Crippen LogP contribution in [0, 0.1) is 6.92 Å². The number of aromatic amines is 1. The predicted octanol–water partition coefficient (Wildman–Crippen LogP) is 2.68. The Morgan fingerprint density at radius 1 is 1.30 bits per heavy atom. The maximum atomic E-state index is 12.4. The molecule has 3 aromatic heterocycles. The Bertz CT molecular complexity index is 1180. The van der Waals surface area contributed by atoms with Gasteiger partial charge in [-0.2, -0.15) is 0 Å². The fourth-order valence-electron chi connectivity index (χ4n) is 2.96. The summed E-state index contributed by atoms with van der Waals surface area (Å²) >= 11 is 6.07. The van der Waals surface area contributed by atoms with Crippen molar-refractivity contribution in [3.63, 3.8) is 0 Å². The zero-order valence-electron chi connectivity index (χ0n) is 16.9. The number of hydrogen-bond donors (Lipinski definition) is 3. The highest BCUT2D eigenvalue weighted by atomic mass is 35.5. The summed E-state index contributed by atoms with van der Waals surface area (Å²) in [4.78, 5) is 28.7. The molecule has 0 aromatic carbocycles. The van der Waals surface area contributed by atoms with E-state index in [9.17, 15) is 13.2 Å². The van der Waals surface area contributed by atoms with Gasteiger partial charge in [0.05, 0.1) is 17.3 Å². The van der Waals surface area contributed by atoms with Gasteiger partial charge >= 0.3 is 0 Å². The predicted molar refractivity (Wildman–Crippen MR) is 117 cm³/mol. The first-order chi connectivity index (χ1) is 14.1. The monoisotopic (exact) mass is 450 g/mol. The zero-order chi connectivity index (χ0) is 21.9. The Morgan fingerprint density at radius 2 is 2.07 bits per heavy atom. The van der Waals surface area contributed by atoms with Crippen molar-refractivity contribution in [3.05, 3.63) is 35.2 Å². The molecule has 0 aliphatic carbocycles. The van der Waals surface area contributed by atoms with Crippen molar-refractivity contribution in [1.82, 2.24) is 24.7 Å². The van der Waals surface area contributed by atoms with Crippen molar-refractivity contribution < 1.29 is 13.2 Å². The number of aromatic nitrogens is 4. The number of carbonyl (C=O) groups excluding carboxylic acids is 1. The lowest BCUT2D eigenvalue weighted by atomic mass is 10.1. The number of H-pyrrole nitrogens is 1. The summed E-state index contributed by atoms with van der Waals surface area (Å²) in [6.45, 7) is 3.82. The van der Waals surface area contributed by atoms with Crippen LogP contribution in [0.2, 0.25) is 5.02 Å². The van der Waals surface area contributed by atoms with E-state index in [-0.39, 0.29) is 18.7 Å². The van der Waals surface area contributed by atoms with Gasteiger partial charge in [-0.15, -0.1) is 0 Å². The van der Waals surface area contributed by atoms with Crippen LogP contribution in [0.15, 0.2) is 24.5 Å². The molecule has 0 aliphatic heterocycles. The molecule has 3 heterocycles. The number of halogens is 1. The molecule has 30 heavy (non-hydrogen) atoms. The number of hydrogen-bond acceptors (Lipinski definition) is 7. The molecule has 0 amide bonds. The molecule has 160 valence electrons. The molecular weight excluding hydrogens is 428 g/mol. The largest absolute Gasteiger partial charge is 0.360 e. The van der Waals surface area contributed by atoms with E-state index in [2.05, 4.69) is 30.0 Å². The minimum Gasteiger partial charge on any atom is -0.360 e. The number of nitrogens with one attached hydrogen (secondary N) is 3. The molecule has 0 unspecified atom stereocenters.